The van der Waals surface area contributed by atoms with E-state index in [1.165, 1.54) is 18.2 Å². The monoisotopic (exact) mass is 225 g/mol. The molecule has 3 N–H and O–H groups in total. The van der Waals surface area contributed by atoms with Crippen molar-refractivity contribution in [2.75, 3.05) is 6.54 Å². The number of halogens is 1. The summed E-state index contributed by atoms with van der Waals surface area (Å²) in [7, 11) is 0. The SMILES string of the molecule is Oc1ccc(F)cc1CNCC(O)C1CC1. The molecule has 1 unspecified atom stereocenters. The zero-order valence-electron chi connectivity index (χ0n) is 8.99. The lowest BCUT2D eigenvalue weighted by Gasteiger charge is -2.11. The van der Waals surface area contributed by atoms with Crippen LogP contribution in [-0.4, -0.2) is 22.9 Å². The third-order valence-electron chi connectivity index (χ3n) is 2.88. The number of benzene rings is 1. The van der Waals surface area contributed by atoms with E-state index in [9.17, 15) is 14.6 Å². The molecule has 0 aromatic heterocycles. The van der Waals surface area contributed by atoms with E-state index in [1.54, 1.807) is 0 Å². The van der Waals surface area contributed by atoms with Crippen LogP contribution in [0, 0.1) is 11.7 Å². The van der Waals surface area contributed by atoms with E-state index in [0.717, 1.165) is 12.8 Å². The summed E-state index contributed by atoms with van der Waals surface area (Å²) < 4.78 is 12.9. The number of aliphatic hydroxyl groups is 1. The van der Waals surface area contributed by atoms with Gasteiger partial charge in [0.25, 0.3) is 0 Å². The van der Waals surface area contributed by atoms with Gasteiger partial charge in [-0.3, -0.25) is 0 Å². The van der Waals surface area contributed by atoms with Gasteiger partial charge in [-0.25, -0.2) is 4.39 Å². The molecule has 1 aromatic carbocycles. The van der Waals surface area contributed by atoms with Crippen LogP contribution in [0.2, 0.25) is 0 Å². The summed E-state index contributed by atoms with van der Waals surface area (Å²) >= 11 is 0. The maximum absolute atomic E-state index is 12.9. The van der Waals surface area contributed by atoms with Gasteiger partial charge in [0.2, 0.25) is 0 Å². The van der Waals surface area contributed by atoms with Gasteiger partial charge in [-0.1, -0.05) is 0 Å². The van der Waals surface area contributed by atoms with Crippen LogP contribution < -0.4 is 5.32 Å². The van der Waals surface area contributed by atoms with Crippen molar-refractivity contribution >= 4 is 0 Å². The molecule has 0 amide bonds. The highest BCUT2D eigenvalue weighted by molar-refractivity contribution is 5.32. The minimum absolute atomic E-state index is 0.0785. The maximum Gasteiger partial charge on any atom is 0.123 e. The van der Waals surface area contributed by atoms with Crippen LogP contribution in [0.1, 0.15) is 18.4 Å². The van der Waals surface area contributed by atoms with Gasteiger partial charge < -0.3 is 15.5 Å². The zero-order valence-corrected chi connectivity index (χ0v) is 8.99. The van der Waals surface area contributed by atoms with Crippen molar-refractivity contribution < 1.29 is 14.6 Å². The van der Waals surface area contributed by atoms with Crippen molar-refractivity contribution in [3.8, 4) is 5.75 Å². The Morgan fingerprint density at radius 2 is 2.19 bits per heavy atom. The predicted octanol–water partition coefficient (Wildman–Crippen LogP) is 1.39. The van der Waals surface area contributed by atoms with Gasteiger partial charge in [0.1, 0.15) is 11.6 Å². The number of aliphatic hydroxyl groups excluding tert-OH is 1. The highest BCUT2D eigenvalue weighted by Gasteiger charge is 2.29. The lowest BCUT2D eigenvalue weighted by atomic mass is 10.2. The first-order chi connectivity index (χ1) is 7.66. The average Bonchev–Trinajstić information content (AvgIpc) is 3.06. The first kappa shape index (κ1) is 11.4. The molecule has 1 aliphatic carbocycles. The summed E-state index contributed by atoms with van der Waals surface area (Å²) in [4.78, 5) is 0. The molecule has 0 spiro atoms. The molecule has 0 aliphatic heterocycles. The number of phenolic OH excluding ortho intramolecular Hbond substituents is 1. The summed E-state index contributed by atoms with van der Waals surface area (Å²) in [5, 5.41) is 22.1. The largest absolute Gasteiger partial charge is 0.508 e. The maximum atomic E-state index is 12.9. The van der Waals surface area contributed by atoms with Crippen molar-refractivity contribution in [2.45, 2.75) is 25.5 Å². The molecule has 0 saturated heterocycles. The Morgan fingerprint density at radius 3 is 2.88 bits per heavy atom. The molecule has 1 saturated carbocycles. The zero-order chi connectivity index (χ0) is 11.5. The Hall–Kier alpha value is -1.13. The molecule has 3 nitrogen and oxygen atoms in total. The molecule has 88 valence electrons. The number of phenols is 1. The lowest BCUT2D eigenvalue weighted by Crippen LogP contribution is -2.27. The Bertz CT molecular complexity index is 366. The molecule has 1 aliphatic rings. The number of hydrogen-bond acceptors (Lipinski definition) is 3. The highest BCUT2D eigenvalue weighted by Crippen LogP contribution is 2.32. The first-order valence-corrected chi connectivity index (χ1v) is 5.53. The first-order valence-electron chi connectivity index (χ1n) is 5.53. The third-order valence-corrected chi connectivity index (χ3v) is 2.88. The van der Waals surface area contributed by atoms with Gasteiger partial charge in [0.05, 0.1) is 6.10 Å². The Balaban J connectivity index is 1.81. The van der Waals surface area contributed by atoms with E-state index in [-0.39, 0.29) is 17.7 Å². The number of nitrogens with one attached hydrogen (secondary N) is 1. The van der Waals surface area contributed by atoms with Crippen molar-refractivity contribution in [1.82, 2.24) is 5.32 Å². The fraction of sp³-hybridized carbons (Fsp3) is 0.500. The van der Waals surface area contributed by atoms with E-state index in [2.05, 4.69) is 5.32 Å². The lowest BCUT2D eigenvalue weighted by molar-refractivity contribution is 0.148. The van der Waals surface area contributed by atoms with Gasteiger partial charge in [0, 0.05) is 18.7 Å². The van der Waals surface area contributed by atoms with Crippen molar-refractivity contribution in [1.29, 1.82) is 0 Å². The van der Waals surface area contributed by atoms with Crippen LogP contribution in [0.5, 0.6) is 5.75 Å². The number of rotatable bonds is 5. The molecule has 1 fully saturated rings. The molecule has 4 heteroatoms. The fourth-order valence-electron chi connectivity index (χ4n) is 1.70. The van der Waals surface area contributed by atoms with E-state index in [4.69, 9.17) is 0 Å². The van der Waals surface area contributed by atoms with Crippen molar-refractivity contribution in [3.05, 3.63) is 29.6 Å². The molecule has 0 heterocycles. The molecule has 2 rings (SSSR count). The Morgan fingerprint density at radius 1 is 1.44 bits per heavy atom. The van der Waals surface area contributed by atoms with E-state index < -0.39 is 0 Å². The van der Waals surface area contributed by atoms with E-state index in [0.29, 0.717) is 24.6 Å². The number of hydrogen-bond donors (Lipinski definition) is 3. The average molecular weight is 225 g/mol. The van der Waals surface area contributed by atoms with Gasteiger partial charge in [-0.2, -0.15) is 0 Å². The summed E-state index contributed by atoms with van der Waals surface area (Å²) in [6.07, 6.45) is 1.86. The summed E-state index contributed by atoms with van der Waals surface area (Å²) in [5.74, 6) is 0.140. The quantitative estimate of drug-likeness (QED) is 0.710. The van der Waals surface area contributed by atoms with Crippen LogP contribution in [0.3, 0.4) is 0 Å². The van der Waals surface area contributed by atoms with Crippen LogP contribution in [0.4, 0.5) is 4.39 Å². The molecular formula is C12H16FNO2. The molecular weight excluding hydrogens is 209 g/mol. The third kappa shape index (κ3) is 2.93. The topological polar surface area (TPSA) is 52.5 Å². The van der Waals surface area contributed by atoms with Crippen LogP contribution in [-0.2, 0) is 6.54 Å². The number of aromatic hydroxyl groups is 1. The van der Waals surface area contributed by atoms with Crippen LogP contribution in [0.15, 0.2) is 18.2 Å². The van der Waals surface area contributed by atoms with Crippen LogP contribution in [0.25, 0.3) is 0 Å². The normalized spacial score (nSPS) is 17.4. The second-order valence-corrected chi connectivity index (χ2v) is 4.31. The van der Waals surface area contributed by atoms with E-state index >= 15 is 0 Å². The predicted molar refractivity (Wildman–Crippen MR) is 58.5 cm³/mol. The Labute approximate surface area is 93.9 Å². The van der Waals surface area contributed by atoms with Crippen molar-refractivity contribution in [2.24, 2.45) is 5.92 Å². The Kier molecular flexibility index (Phi) is 3.41. The summed E-state index contributed by atoms with van der Waals surface area (Å²) in [6.45, 7) is 0.855. The molecule has 0 radical (unpaired) electrons. The molecule has 16 heavy (non-hydrogen) atoms. The van der Waals surface area contributed by atoms with Crippen LogP contribution >= 0.6 is 0 Å². The van der Waals surface area contributed by atoms with Crippen molar-refractivity contribution in [3.63, 3.8) is 0 Å². The second-order valence-electron chi connectivity index (χ2n) is 4.31. The molecule has 1 atom stereocenters. The minimum Gasteiger partial charge on any atom is -0.508 e. The minimum atomic E-state index is -0.364. The summed E-state index contributed by atoms with van der Waals surface area (Å²) in [6, 6.07) is 3.85. The van der Waals surface area contributed by atoms with Gasteiger partial charge in [-0.15, -0.1) is 0 Å². The second kappa shape index (κ2) is 4.80. The summed E-state index contributed by atoms with van der Waals surface area (Å²) in [5.41, 5.74) is 0.517. The highest BCUT2D eigenvalue weighted by atomic mass is 19.1. The fourth-order valence-corrected chi connectivity index (χ4v) is 1.70. The molecule has 0 bridgehead atoms. The smallest absolute Gasteiger partial charge is 0.123 e. The van der Waals surface area contributed by atoms with Gasteiger partial charge >= 0.3 is 0 Å². The molecule has 1 aromatic rings. The van der Waals surface area contributed by atoms with Gasteiger partial charge in [0.15, 0.2) is 0 Å². The van der Waals surface area contributed by atoms with E-state index in [1.807, 2.05) is 0 Å². The van der Waals surface area contributed by atoms with Gasteiger partial charge in [-0.05, 0) is 37.0 Å². The standard InChI is InChI=1S/C12H16FNO2/c13-10-3-4-11(15)9(5-10)6-14-7-12(16)8-1-2-8/h3-5,8,12,14-16H,1-2,6-7H2.